The number of nitrogens with two attached hydrogens (primary N) is 1. The van der Waals surface area contributed by atoms with Gasteiger partial charge < -0.3 is 30.7 Å². The summed E-state index contributed by atoms with van der Waals surface area (Å²) in [6.45, 7) is -1.30. The number of carboxylic acid groups (broad SMARTS) is 3. The molecule has 0 unspecified atom stereocenters. The number of aryl methyl sites for hydroxylation is 1. The number of esters is 1. The van der Waals surface area contributed by atoms with Crippen LogP contribution >= 0.6 is 0 Å². The number of hydrogen-bond acceptors (Lipinski definition) is 9. The highest BCUT2D eigenvalue weighted by Gasteiger charge is 2.21. The molecule has 2 aromatic rings. The van der Waals surface area contributed by atoms with Crippen LogP contribution in [0.1, 0.15) is 41.5 Å². The topological polar surface area (TPSA) is 211 Å². The monoisotopic (exact) mass is 541 g/mol. The van der Waals surface area contributed by atoms with Crippen LogP contribution in [0.5, 0.6) is 0 Å². The molecule has 0 radical (unpaired) electrons. The van der Waals surface area contributed by atoms with Gasteiger partial charge in [0.15, 0.2) is 0 Å². The van der Waals surface area contributed by atoms with Crippen molar-refractivity contribution in [2.75, 3.05) is 18.0 Å². The molecule has 13 heteroatoms. The molecule has 0 amide bonds. The van der Waals surface area contributed by atoms with E-state index < -0.39 is 47.9 Å². The van der Waals surface area contributed by atoms with Crippen LogP contribution in [0, 0.1) is 10.1 Å². The van der Waals surface area contributed by atoms with E-state index in [1.165, 1.54) is 11.0 Å². The number of carboxylic acids is 3. The Bertz CT molecular complexity index is 1320. The summed E-state index contributed by atoms with van der Waals surface area (Å²) < 4.78 is 5.14. The highest BCUT2D eigenvalue weighted by Crippen LogP contribution is 2.34. The molecular formula is C26H27N3O10. The van der Waals surface area contributed by atoms with E-state index >= 15 is 0 Å². The first-order valence-electron chi connectivity index (χ1n) is 11.9. The van der Waals surface area contributed by atoms with Gasteiger partial charge in [0.2, 0.25) is 0 Å². The number of benzene rings is 2. The zero-order valence-corrected chi connectivity index (χ0v) is 20.7. The molecule has 5 N–H and O–H groups in total. The molecule has 0 spiro atoms. The molecule has 0 heterocycles. The summed E-state index contributed by atoms with van der Waals surface area (Å²) in [5.74, 6) is -4.28. The minimum absolute atomic E-state index is 0.130. The minimum Gasteiger partial charge on any atom is -0.480 e. The van der Waals surface area contributed by atoms with Crippen molar-refractivity contribution in [3.8, 4) is 0 Å². The zero-order valence-electron chi connectivity index (χ0n) is 20.7. The second kappa shape index (κ2) is 12.6. The average molecular weight is 542 g/mol. The second-order valence-corrected chi connectivity index (χ2v) is 8.94. The van der Waals surface area contributed by atoms with Crippen LogP contribution < -0.4 is 10.6 Å². The number of hydrogen-bond donors (Lipinski definition) is 4. The second-order valence-electron chi connectivity index (χ2n) is 8.94. The van der Waals surface area contributed by atoms with Gasteiger partial charge in [0.1, 0.15) is 25.7 Å². The van der Waals surface area contributed by atoms with Gasteiger partial charge in [0, 0.05) is 18.2 Å². The van der Waals surface area contributed by atoms with Gasteiger partial charge in [-0.05, 0) is 65.8 Å². The number of nitro groups is 1. The number of fused-ring (bicyclic) bond motifs is 1. The number of rotatable bonds is 13. The van der Waals surface area contributed by atoms with E-state index in [-0.39, 0.29) is 30.7 Å². The molecule has 1 aliphatic rings. The Hall–Kier alpha value is -4.78. The average Bonchev–Trinajstić information content (AvgIpc) is 2.88. The van der Waals surface area contributed by atoms with Crippen LogP contribution in [-0.2, 0) is 36.9 Å². The largest absolute Gasteiger partial charge is 0.480 e. The molecule has 0 aromatic heterocycles. The Morgan fingerprint density at radius 2 is 1.72 bits per heavy atom. The smallest absolute Gasteiger partial charge is 0.323 e. The van der Waals surface area contributed by atoms with Crippen LogP contribution in [-0.4, -0.2) is 63.3 Å². The summed E-state index contributed by atoms with van der Waals surface area (Å²) >= 11 is 0. The molecule has 39 heavy (non-hydrogen) atoms. The summed E-state index contributed by atoms with van der Waals surface area (Å²) in [4.78, 5) is 57.4. The van der Waals surface area contributed by atoms with E-state index in [1.807, 2.05) is 6.08 Å². The Morgan fingerprint density at radius 1 is 1.03 bits per heavy atom. The van der Waals surface area contributed by atoms with E-state index in [9.17, 15) is 29.3 Å². The zero-order chi connectivity index (χ0) is 28.7. The van der Waals surface area contributed by atoms with Gasteiger partial charge in [0.05, 0.1) is 10.5 Å². The Balaban J connectivity index is 1.80. The van der Waals surface area contributed by atoms with Crippen LogP contribution in [0.2, 0.25) is 0 Å². The van der Waals surface area contributed by atoms with Gasteiger partial charge in [0.25, 0.3) is 5.69 Å². The first kappa shape index (κ1) is 28.8. The molecule has 3 rings (SSSR count). The van der Waals surface area contributed by atoms with Crippen molar-refractivity contribution >= 4 is 46.9 Å². The normalized spacial score (nSPS) is 13.0. The molecule has 0 aliphatic heterocycles. The molecule has 1 aliphatic carbocycles. The summed E-state index contributed by atoms with van der Waals surface area (Å²) in [6.07, 6.45) is 2.63. The quantitative estimate of drug-likeness (QED) is 0.163. The first-order valence-corrected chi connectivity index (χ1v) is 11.9. The van der Waals surface area contributed by atoms with Crippen molar-refractivity contribution in [1.82, 2.24) is 0 Å². The third-order valence-electron chi connectivity index (χ3n) is 6.15. The van der Waals surface area contributed by atoms with E-state index in [1.54, 1.807) is 30.3 Å². The third-order valence-corrected chi connectivity index (χ3v) is 6.15. The van der Waals surface area contributed by atoms with Gasteiger partial charge in [-0.3, -0.25) is 29.3 Å². The van der Waals surface area contributed by atoms with Gasteiger partial charge in [-0.2, -0.15) is 0 Å². The molecule has 13 nitrogen and oxygen atoms in total. The number of allylic oxidation sites excluding steroid dienone is 1. The van der Waals surface area contributed by atoms with Crippen LogP contribution in [0.3, 0.4) is 0 Å². The van der Waals surface area contributed by atoms with E-state index in [4.69, 9.17) is 25.8 Å². The maximum atomic E-state index is 12.0. The molecule has 0 saturated carbocycles. The summed E-state index contributed by atoms with van der Waals surface area (Å²) in [7, 11) is 0. The third kappa shape index (κ3) is 7.85. The van der Waals surface area contributed by atoms with Gasteiger partial charge in [-0.15, -0.1) is 0 Å². The van der Waals surface area contributed by atoms with Gasteiger partial charge >= 0.3 is 23.9 Å². The van der Waals surface area contributed by atoms with Crippen molar-refractivity contribution in [3.05, 3.63) is 68.8 Å². The van der Waals surface area contributed by atoms with E-state index in [0.29, 0.717) is 24.1 Å². The van der Waals surface area contributed by atoms with Crippen LogP contribution in [0.15, 0.2) is 36.4 Å². The number of aliphatic carboxylic acids is 3. The lowest BCUT2D eigenvalue weighted by atomic mass is 9.87. The number of nitrogens with zero attached hydrogens (tertiary/aromatic N) is 2. The highest BCUT2D eigenvalue weighted by molar-refractivity contribution is 5.86. The van der Waals surface area contributed by atoms with Crippen molar-refractivity contribution in [1.29, 1.82) is 0 Å². The predicted octanol–water partition coefficient (Wildman–Crippen LogP) is 2.29. The lowest BCUT2D eigenvalue weighted by Crippen LogP contribution is -2.34. The molecule has 2 aromatic carbocycles. The number of ether oxygens (including phenoxy) is 1. The van der Waals surface area contributed by atoms with Crippen molar-refractivity contribution < 1.29 is 44.2 Å². The minimum atomic E-state index is -1.25. The Labute approximate surface area is 222 Å². The summed E-state index contributed by atoms with van der Waals surface area (Å²) in [6, 6.07) is 8.44. The lowest BCUT2D eigenvalue weighted by Gasteiger charge is -2.24. The van der Waals surface area contributed by atoms with Crippen LogP contribution in [0.4, 0.5) is 11.4 Å². The fraction of sp³-hybridized carbons (Fsp3) is 0.308. The molecular weight excluding hydrogens is 514 g/mol. The number of carbonyl (C=O) groups is 4. The van der Waals surface area contributed by atoms with Crippen molar-refractivity contribution in [3.63, 3.8) is 0 Å². The van der Waals surface area contributed by atoms with Crippen molar-refractivity contribution in [2.24, 2.45) is 5.73 Å². The molecule has 0 fully saturated rings. The lowest BCUT2D eigenvalue weighted by molar-refractivity contribution is -0.385. The number of carbonyl (C=O) groups excluding carboxylic acids is 1. The number of anilines is 1. The highest BCUT2D eigenvalue weighted by atomic mass is 16.6. The molecule has 1 atom stereocenters. The molecule has 0 saturated heterocycles. The maximum absolute atomic E-state index is 12.0. The molecule has 0 bridgehead atoms. The fourth-order valence-electron chi connectivity index (χ4n) is 4.17. The van der Waals surface area contributed by atoms with Crippen LogP contribution in [0.25, 0.3) is 11.6 Å². The maximum Gasteiger partial charge on any atom is 0.323 e. The fourth-order valence-corrected chi connectivity index (χ4v) is 4.17. The van der Waals surface area contributed by atoms with E-state index in [0.717, 1.165) is 16.7 Å². The first-order chi connectivity index (χ1) is 18.4. The van der Waals surface area contributed by atoms with Gasteiger partial charge in [-0.1, -0.05) is 12.1 Å². The SMILES string of the molecule is N[C@@H](CCC(=O)OCc1cc(C2=Cc3ccc(N(CC(=O)O)CC(=O)O)cc3CC2)ccc1[N+](=O)[O-])C(=O)O. The summed E-state index contributed by atoms with van der Waals surface area (Å²) in [5, 5.41) is 38.6. The summed E-state index contributed by atoms with van der Waals surface area (Å²) in [5.41, 5.74) is 9.09. The Kier molecular flexibility index (Phi) is 9.33. The predicted molar refractivity (Wildman–Crippen MR) is 138 cm³/mol. The molecule has 206 valence electrons. The van der Waals surface area contributed by atoms with E-state index in [2.05, 4.69) is 0 Å². The standard InChI is InChI=1S/C26H27N3O10/c27-21(26(35)36)6-8-25(34)39-14-19-10-17(4-7-22(19)29(37)38)15-1-2-18-11-20(5-3-16(18)9-15)28(12-23(30)31)13-24(32)33/h3-5,7,9-11,21H,1-2,6,8,12-14,27H2,(H,30,31)(H,32,33)(H,35,36)/t21-/m0/s1. The van der Waals surface area contributed by atoms with Gasteiger partial charge in [-0.25, -0.2) is 0 Å². The van der Waals surface area contributed by atoms with Crippen molar-refractivity contribution in [2.45, 2.75) is 38.3 Å². The number of nitro benzene ring substituents is 1. The Morgan fingerprint density at radius 3 is 2.33 bits per heavy atom.